The summed E-state index contributed by atoms with van der Waals surface area (Å²) in [7, 11) is -3.51. The molecule has 0 unspecified atom stereocenters. The van der Waals surface area contributed by atoms with Crippen LogP contribution in [0.4, 0.5) is 10.2 Å². The monoisotopic (exact) mass is 379 g/mol. The molecule has 1 aromatic carbocycles. The van der Waals surface area contributed by atoms with Crippen LogP contribution in [0.25, 0.3) is 0 Å². The van der Waals surface area contributed by atoms with E-state index in [2.05, 4.69) is 9.82 Å². The average Bonchev–Trinajstić information content (AvgIpc) is 2.80. The van der Waals surface area contributed by atoms with E-state index < -0.39 is 15.8 Å². The molecular weight excluding hydrogens is 364 g/mol. The summed E-state index contributed by atoms with van der Waals surface area (Å²) in [6, 6.07) is 4.37. The minimum atomic E-state index is -3.51. The smallest absolute Gasteiger partial charge is 0.233 e. The minimum Gasteiger partial charge on any atom is -0.265 e. The van der Waals surface area contributed by atoms with Crippen molar-refractivity contribution in [2.45, 2.75) is 26.3 Å². The van der Waals surface area contributed by atoms with Gasteiger partial charge < -0.3 is 0 Å². The van der Waals surface area contributed by atoms with Crippen LogP contribution < -0.4 is 4.72 Å². The molecule has 2 rings (SSSR count). The van der Waals surface area contributed by atoms with Gasteiger partial charge in [-0.1, -0.05) is 42.6 Å². The molecule has 5 nitrogen and oxygen atoms in total. The predicted molar refractivity (Wildman–Crippen MR) is 90.1 cm³/mol. The molecule has 2 aromatic rings. The van der Waals surface area contributed by atoms with Gasteiger partial charge in [0.25, 0.3) is 0 Å². The largest absolute Gasteiger partial charge is 0.265 e. The molecule has 126 valence electrons. The van der Waals surface area contributed by atoms with Gasteiger partial charge in [-0.05, 0) is 18.6 Å². The number of aromatic nitrogens is 2. The van der Waals surface area contributed by atoms with Crippen molar-refractivity contribution < 1.29 is 12.8 Å². The maximum Gasteiger partial charge on any atom is 0.233 e. The molecule has 0 fully saturated rings. The van der Waals surface area contributed by atoms with E-state index in [1.807, 2.05) is 6.92 Å². The van der Waals surface area contributed by atoms with Crippen molar-refractivity contribution in [1.82, 2.24) is 9.78 Å². The normalized spacial score (nSPS) is 11.7. The SMILES string of the molecule is CCCCS(=O)(=O)Nc1nn(Cc2c(F)cccc2Cl)cc1Cl. The second kappa shape index (κ2) is 7.51. The summed E-state index contributed by atoms with van der Waals surface area (Å²) >= 11 is 12.0. The fourth-order valence-corrected chi connectivity index (χ4v) is 3.62. The Labute approximate surface area is 144 Å². The first-order valence-corrected chi connectivity index (χ1v) is 9.39. The zero-order valence-corrected chi connectivity index (χ0v) is 14.7. The number of halogens is 3. The van der Waals surface area contributed by atoms with Gasteiger partial charge in [0.15, 0.2) is 5.82 Å². The molecule has 0 bridgehead atoms. The molecule has 0 aliphatic rings. The van der Waals surface area contributed by atoms with Crippen molar-refractivity contribution in [2.24, 2.45) is 0 Å². The van der Waals surface area contributed by atoms with Crippen molar-refractivity contribution in [3.8, 4) is 0 Å². The van der Waals surface area contributed by atoms with Crippen molar-refractivity contribution in [1.29, 1.82) is 0 Å². The highest BCUT2D eigenvalue weighted by molar-refractivity contribution is 7.92. The van der Waals surface area contributed by atoms with Gasteiger partial charge in [0, 0.05) is 16.8 Å². The van der Waals surface area contributed by atoms with E-state index in [1.54, 1.807) is 6.07 Å². The van der Waals surface area contributed by atoms with Crippen LogP contribution in [0.5, 0.6) is 0 Å². The van der Waals surface area contributed by atoms with Gasteiger partial charge in [0.2, 0.25) is 10.0 Å². The lowest BCUT2D eigenvalue weighted by atomic mass is 10.2. The van der Waals surface area contributed by atoms with Crippen LogP contribution in [-0.4, -0.2) is 24.0 Å². The Hall–Kier alpha value is -1.31. The Morgan fingerprint density at radius 3 is 2.70 bits per heavy atom. The highest BCUT2D eigenvalue weighted by Crippen LogP contribution is 2.24. The van der Waals surface area contributed by atoms with E-state index in [9.17, 15) is 12.8 Å². The maximum atomic E-state index is 13.8. The van der Waals surface area contributed by atoms with Crippen LogP contribution >= 0.6 is 23.2 Å². The van der Waals surface area contributed by atoms with E-state index in [0.717, 1.165) is 6.42 Å². The second-order valence-electron chi connectivity index (χ2n) is 5.00. The number of sulfonamides is 1. The maximum absolute atomic E-state index is 13.8. The van der Waals surface area contributed by atoms with E-state index in [1.165, 1.54) is 23.0 Å². The van der Waals surface area contributed by atoms with Crippen molar-refractivity contribution in [3.05, 3.63) is 45.8 Å². The van der Waals surface area contributed by atoms with Crippen LogP contribution in [0.1, 0.15) is 25.3 Å². The Balaban J connectivity index is 2.18. The second-order valence-corrected chi connectivity index (χ2v) is 7.65. The number of hydrogen-bond donors (Lipinski definition) is 1. The van der Waals surface area contributed by atoms with Crippen LogP contribution in [0.3, 0.4) is 0 Å². The molecule has 0 saturated heterocycles. The zero-order chi connectivity index (χ0) is 17.0. The standard InChI is InChI=1S/C14H16Cl2FN3O2S/c1-2-3-7-23(21,22)19-14-12(16)9-20(18-14)8-10-11(15)5-4-6-13(10)17/h4-6,9H,2-3,7-8H2,1H3,(H,18,19). The Morgan fingerprint density at radius 1 is 1.30 bits per heavy atom. The first kappa shape index (κ1) is 18.0. The van der Waals surface area contributed by atoms with Crippen LogP contribution in [0.2, 0.25) is 10.0 Å². The number of rotatable bonds is 7. The molecule has 0 radical (unpaired) electrons. The van der Waals surface area contributed by atoms with E-state index in [4.69, 9.17) is 23.2 Å². The third-order valence-electron chi connectivity index (χ3n) is 3.12. The molecule has 23 heavy (non-hydrogen) atoms. The average molecular weight is 380 g/mol. The molecule has 1 N–H and O–H groups in total. The molecule has 0 saturated carbocycles. The zero-order valence-electron chi connectivity index (χ0n) is 12.4. The first-order valence-electron chi connectivity index (χ1n) is 6.98. The summed E-state index contributed by atoms with van der Waals surface area (Å²) in [5.74, 6) is -0.448. The lowest BCUT2D eigenvalue weighted by Gasteiger charge is -2.06. The van der Waals surface area contributed by atoms with Gasteiger partial charge in [-0.25, -0.2) is 12.8 Å². The summed E-state index contributed by atoms with van der Waals surface area (Å²) in [5.41, 5.74) is 0.258. The molecule has 0 atom stereocenters. The van der Waals surface area contributed by atoms with Gasteiger partial charge in [-0.2, -0.15) is 5.10 Å². The molecule has 0 aliphatic carbocycles. The lowest BCUT2D eigenvalue weighted by molar-refractivity contribution is 0.585. The van der Waals surface area contributed by atoms with Crippen molar-refractivity contribution in [2.75, 3.05) is 10.5 Å². The lowest BCUT2D eigenvalue weighted by Crippen LogP contribution is -2.17. The third kappa shape index (κ3) is 4.83. The molecule has 1 aromatic heterocycles. The fourth-order valence-electron chi connectivity index (χ4n) is 1.93. The van der Waals surface area contributed by atoms with Gasteiger partial charge in [-0.3, -0.25) is 9.40 Å². The quantitative estimate of drug-likeness (QED) is 0.792. The van der Waals surface area contributed by atoms with E-state index in [-0.39, 0.29) is 33.7 Å². The summed E-state index contributed by atoms with van der Waals surface area (Å²) in [6.45, 7) is 1.94. The topological polar surface area (TPSA) is 64.0 Å². The predicted octanol–water partition coefficient (Wildman–Crippen LogP) is 3.92. The number of benzene rings is 1. The molecular formula is C14H16Cl2FN3O2S. The number of hydrogen-bond acceptors (Lipinski definition) is 3. The van der Waals surface area contributed by atoms with Gasteiger partial charge in [0.05, 0.1) is 12.3 Å². The fraction of sp³-hybridized carbons (Fsp3) is 0.357. The summed E-state index contributed by atoms with van der Waals surface area (Å²) in [6.07, 6.45) is 2.72. The van der Waals surface area contributed by atoms with E-state index >= 15 is 0 Å². The summed E-state index contributed by atoms with van der Waals surface area (Å²) in [5, 5.41) is 4.45. The molecule has 0 amide bonds. The van der Waals surface area contributed by atoms with Gasteiger partial charge >= 0.3 is 0 Å². The summed E-state index contributed by atoms with van der Waals surface area (Å²) < 4.78 is 41.2. The summed E-state index contributed by atoms with van der Waals surface area (Å²) in [4.78, 5) is 0. The third-order valence-corrected chi connectivity index (χ3v) is 5.08. The molecule has 9 heteroatoms. The van der Waals surface area contributed by atoms with E-state index in [0.29, 0.717) is 6.42 Å². The Bertz CT molecular complexity index is 773. The van der Waals surface area contributed by atoms with Crippen LogP contribution in [0, 0.1) is 5.82 Å². The number of unbranched alkanes of at least 4 members (excludes halogenated alkanes) is 1. The van der Waals surface area contributed by atoms with Crippen LogP contribution in [-0.2, 0) is 16.6 Å². The molecule has 0 spiro atoms. The number of nitrogens with zero attached hydrogens (tertiary/aromatic N) is 2. The minimum absolute atomic E-state index is 0.00810. The van der Waals surface area contributed by atoms with Gasteiger partial charge in [0.1, 0.15) is 10.8 Å². The highest BCUT2D eigenvalue weighted by Gasteiger charge is 2.16. The van der Waals surface area contributed by atoms with Crippen LogP contribution in [0.15, 0.2) is 24.4 Å². The Morgan fingerprint density at radius 2 is 2.04 bits per heavy atom. The molecule has 1 heterocycles. The first-order chi connectivity index (χ1) is 10.8. The highest BCUT2D eigenvalue weighted by atomic mass is 35.5. The molecule has 0 aliphatic heterocycles. The number of nitrogens with one attached hydrogen (secondary N) is 1. The van der Waals surface area contributed by atoms with Gasteiger partial charge in [-0.15, -0.1) is 0 Å². The van der Waals surface area contributed by atoms with Crippen molar-refractivity contribution in [3.63, 3.8) is 0 Å². The Kier molecular flexibility index (Phi) is 5.89. The van der Waals surface area contributed by atoms with Crippen molar-refractivity contribution >= 4 is 39.0 Å². The number of anilines is 1.